The molecule has 1 aliphatic heterocycles. The van der Waals surface area contributed by atoms with Gasteiger partial charge in [-0.1, -0.05) is 41.9 Å². The Bertz CT molecular complexity index is 1320. The van der Waals surface area contributed by atoms with Crippen molar-refractivity contribution in [2.45, 2.75) is 19.4 Å². The lowest BCUT2D eigenvalue weighted by Crippen LogP contribution is -2.46. The third kappa shape index (κ3) is 5.41. The molecular formula is C25H27ClN4O5. The summed E-state index contributed by atoms with van der Waals surface area (Å²) in [4.78, 5) is 42.9. The van der Waals surface area contributed by atoms with Crippen molar-refractivity contribution < 1.29 is 14.3 Å². The first kappa shape index (κ1) is 24.6. The molecule has 1 atom stereocenters. The van der Waals surface area contributed by atoms with E-state index in [2.05, 4.69) is 4.98 Å². The van der Waals surface area contributed by atoms with Gasteiger partial charge < -0.3 is 20.1 Å². The Balaban J connectivity index is 1.71. The van der Waals surface area contributed by atoms with Crippen LogP contribution in [0.25, 0.3) is 0 Å². The Morgan fingerprint density at radius 1 is 1.26 bits per heavy atom. The number of nitrogens with two attached hydrogens (primary N) is 1. The lowest BCUT2D eigenvalue weighted by molar-refractivity contribution is -0.123. The van der Waals surface area contributed by atoms with E-state index in [1.807, 2.05) is 30.3 Å². The molecule has 0 saturated heterocycles. The highest BCUT2D eigenvalue weighted by molar-refractivity contribution is 6.30. The predicted octanol–water partition coefficient (Wildman–Crippen LogP) is 2.44. The van der Waals surface area contributed by atoms with Crippen molar-refractivity contribution in [2.24, 2.45) is 5.92 Å². The van der Waals surface area contributed by atoms with Gasteiger partial charge in [0.2, 0.25) is 5.91 Å². The van der Waals surface area contributed by atoms with Crippen LogP contribution in [0.15, 0.2) is 58.1 Å². The quantitative estimate of drug-likeness (QED) is 0.460. The number of hydrogen-bond donors (Lipinski definition) is 2. The van der Waals surface area contributed by atoms with E-state index in [4.69, 9.17) is 26.8 Å². The van der Waals surface area contributed by atoms with E-state index in [0.717, 1.165) is 11.1 Å². The van der Waals surface area contributed by atoms with Crippen LogP contribution in [0.5, 0.6) is 5.75 Å². The Hall–Kier alpha value is -3.56. The molecule has 3 N–H and O–H groups in total. The maximum atomic E-state index is 13.7. The molecule has 0 fully saturated rings. The molecule has 0 radical (unpaired) electrons. The van der Waals surface area contributed by atoms with Crippen molar-refractivity contribution in [2.75, 3.05) is 37.5 Å². The number of carbonyl (C=O) groups is 1. The number of anilines is 2. The number of nitrogens with zero attached hydrogens (tertiary/aromatic N) is 2. The molecule has 0 saturated carbocycles. The number of fused-ring (bicyclic) bond motifs is 1. The summed E-state index contributed by atoms with van der Waals surface area (Å²) in [5.74, 6) is -0.280. The maximum absolute atomic E-state index is 13.7. The summed E-state index contributed by atoms with van der Waals surface area (Å²) in [6, 6.07) is 14.5. The molecule has 1 aliphatic rings. The molecule has 1 amide bonds. The Morgan fingerprint density at radius 2 is 2.03 bits per heavy atom. The van der Waals surface area contributed by atoms with Crippen molar-refractivity contribution in [3.8, 4) is 5.75 Å². The standard InChI is InChI=1S/C25H27ClN4O5/c1-34-11-5-10-29(24(32)18-12-17-13-19(26)8-9-20(17)35-15-18)21-22(27)30(25(33)28-23(21)31)14-16-6-3-2-4-7-16/h2-4,6-9,13,18H,5,10-12,14-15,27H2,1H3,(H,28,31,33). The van der Waals surface area contributed by atoms with Gasteiger partial charge in [0.1, 0.15) is 18.2 Å². The lowest BCUT2D eigenvalue weighted by Gasteiger charge is -2.31. The number of aromatic amines is 1. The first-order valence-electron chi connectivity index (χ1n) is 11.3. The lowest BCUT2D eigenvalue weighted by atomic mass is 9.95. The van der Waals surface area contributed by atoms with Gasteiger partial charge in [0.05, 0.1) is 12.5 Å². The number of amides is 1. The Labute approximate surface area is 207 Å². The number of H-pyrrole nitrogens is 1. The molecule has 35 heavy (non-hydrogen) atoms. The predicted molar refractivity (Wildman–Crippen MR) is 134 cm³/mol. The van der Waals surface area contributed by atoms with Gasteiger partial charge in [-0.25, -0.2) is 4.79 Å². The summed E-state index contributed by atoms with van der Waals surface area (Å²) < 4.78 is 12.2. The van der Waals surface area contributed by atoms with Crippen molar-refractivity contribution in [3.05, 3.63) is 85.5 Å². The second kappa shape index (κ2) is 10.8. The van der Waals surface area contributed by atoms with E-state index in [-0.39, 0.29) is 37.1 Å². The van der Waals surface area contributed by atoms with Crippen molar-refractivity contribution >= 4 is 29.0 Å². The minimum Gasteiger partial charge on any atom is -0.492 e. The maximum Gasteiger partial charge on any atom is 0.330 e. The number of nitrogens with one attached hydrogen (secondary N) is 1. The van der Waals surface area contributed by atoms with E-state index < -0.39 is 17.2 Å². The van der Waals surface area contributed by atoms with E-state index in [1.54, 1.807) is 25.3 Å². The average molecular weight is 499 g/mol. The van der Waals surface area contributed by atoms with E-state index in [0.29, 0.717) is 30.2 Å². The number of rotatable bonds is 8. The fourth-order valence-electron chi connectivity index (χ4n) is 4.20. The van der Waals surface area contributed by atoms with E-state index in [1.165, 1.54) is 9.47 Å². The van der Waals surface area contributed by atoms with Crippen LogP contribution in [0.4, 0.5) is 11.5 Å². The zero-order chi connectivity index (χ0) is 24.9. The zero-order valence-corrected chi connectivity index (χ0v) is 20.1. The van der Waals surface area contributed by atoms with Gasteiger partial charge in [-0.15, -0.1) is 0 Å². The van der Waals surface area contributed by atoms with Crippen LogP contribution in [0, 0.1) is 5.92 Å². The smallest absolute Gasteiger partial charge is 0.330 e. The van der Waals surface area contributed by atoms with Gasteiger partial charge in [0, 0.05) is 25.3 Å². The first-order chi connectivity index (χ1) is 16.9. The molecular weight excluding hydrogens is 472 g/mol. The van der Waals surface area contributed by atoms with Gasteiger partial charge >= 0.3 is 5.69 Å². The summed E-state index contributed by atoms with van der Waals surface area (Å²) in [7, 11) is 1.56. The van der Waals surface area contributed by atoms with Crippen LogP contribution in [0.1, 0.15) is 17.5 Å². The van der Waals surface area contributed by atoms with E-state index in [9.17, 15) is 14.4 Å². The van der Waals surface area contributed by atoms with Gasteiger partial charge in [0.25, 0.3) is 5.56 Å². The van der Waals surface area contributed by atoms with Crippen molar-refractivity contribution in [1.29, 1.82) is 0 Å². The third-order valence-corrected chi connectivity index (χ3v) is 6.18. The Kier molecular flexibility index (Phi) is 7.57. The molecule has 0 spiro atoms. The van der Waals surface area contributed by atoms with Crippen LogP contribution in [0.2, 0.25) is 5.02 Å². The summed E-state index contributed by atoms with van der Waals surface area (Å²) in [5, 5.41) is 0.547. The third-order valence-electron chi connectivity index (χ3n) is 5.94. The fraction of sp³-hybridized carbons (Fsp3) is 0.320. The average Bonchev–Trinajstić information content (AvgIpc) is 2.85. The molecule has 2 aromatic carbocycles. The summed E-state index contributed by atoms with van der Waals surface area (Å²) in [5.41, 5.74) is 6.59. The molecule has 1 aromatic heterocycles. The second-order valence-corrected chi connectivity index (χ2v) is 8.80. The van der Waals surface area contributed by atoms with Crippen LogP contribution in [-0.4, -0.2) is 42.3 Å². The van der Waals surface area contributed by atoms with E-state index >= 15 is 0 Å². The molecule has 10 heteroatoms. The minimum absolute atomic E-state index is 0.0569. The first-order valence-corrected chi connectivity index (χ1v) is 11.6. The number of ether oxygens (including phenoxy) is 2. The monoisotopic (exact) mass is 498 g/mol. The summed E-state index contributed by atoms with van der Waals surface area (Å²) in [6.07, 6.45) is 0.867. The Morgan fingerprint density at radius 3 is 2.77 bits per heavy atom. The number of halogens is 1. The van der Waals surface area contributed by atoms with Crippen LogP contribution in [0.3, 0.4) is 0 Å². The second-order valence-electron chi connectivity index (χ2n) is 8.37. The molecule has 9 nitrogen and oxygen atoms in total. The topological polar surface area (TPSA) is 120 Å². The van der Waals surface area contributed by atoms with Crippen molar-refractivity contribution in [1.82, 2.24) is 9.55 Å². The normalized spacial score (nSPS) is 14.7. The SMILES string of the molecule is COCCCN(C(=O)C1COc2ccc(Cl)cc2C1)c1c(N)n(Cc2ccccc2)c(=O)[nH]c1=O. The molecule has 4 rings (SSSR count). The highest BCUT2D eigenvalue weighted by Gasteiger charge is 2.33. The highest BCUT2D eigenvalue weighted by atomic mass is 35.5. The summed E-state index contributed by atoms with van der Waals surface area (Å²) in [6.45, 7) is 0.858. The molecule has 3 aromatic rings. The van der Waals surface area contributed by atoms with Crippen LogP contribution < -0.4 is 26.6 Å². The number of nitrogen functional groups attached to an aromatic ring is 1. The number of aromatic nitrogens is 2. The summed E-state index contributed by atoms with van der Waals surface area (Å²) >= 11 is 6.13. The largest absolute Gasteiger partial charge is 0.492 e. The van der Waals surface area contributed by atoms with Gasteiger partial charge in [-0.2, -0.15) is 0 Å². The van der Waals surface area contributed by atoms with Crippen molar-refractivity contribution in [3.63, 3.8) is 0 Å². The zero-order valence-electron chi connectivity index (χ0n) is 19.3. The molecule has 1 unspecified atom stereocenters. The number of benzene rings is 2. The van der Waals surface area contributed by atoms with Gasteiger partial charge in [-0.3, -0.25) is 19.1 Å². The molecule has 184 valence electrons. The minimum atomic E-state index is -0.720. The molecule has 0 bridgehead atoms. The van der Waals surface area contributed by atoms with Crippen LogP contribution >= 0.6 is 11.6 Å². The van der Waals surface area contributed by atoms with Gasteiger partial charge in [-0.05, 0) is 42.2 Å². The number of methoxy groups -OCH3 is 1. The highest BCUT2D eigenvalue weighted by Crippen LogP contribution is 2.31. The number of carbonyl (C=O) groups excluding carboxylic acids is 1. The number of hydrogen-bond acceptors (Lipinski definition) is 6. The van der Waals surface area contributed by atoms with Crippen LogP contribution in [-0.2, 0) is 22.5 Å². The van der Waals surface area contributed by atoms with Gasteiger partial charge in [0.15, 0.2) is 5.69 Å². The molecule has 2 heterocycles. The molecule has 0 aliphatic carbocycles. The fourth-order valence-corrected chi connectivity index (χ4v) is 4.40.